The van der Waals surface area contributed by atoms with Gasteiger partial charge in [-0.05, 0) is 18.6 Å². The van der Waals surface area contributed by atoms with E-state index in [2.05, 4.69) is 11.6 Å². The third-order valence-electron chi connectivity index (χ3n) is 2.12. The Morgan fingerprint density at radius 3 is 2.80 bits per heavy atom. The summed E-state index contributed by atoms with van der Waals surface area (Å²) in [5, 5.41) is 0. The average Bonchev–Trinajstić information content (AvgIpc) is 2.28. The summed E-state index contributed by atoms with van der Waals surface area (Å²) in [6.07, 6.45) is 5.40. The molecule has 0 spiro atoms. The number of likely N-dealkylation sites (N-methyl/N-ethyl adjacent to an activating group) is 1. The summed E-state index contributed by atoms with van der Waals surface area (Å²) in [7, 11) is 1.70. The lowest BCUT2D eigenvalue weighted by atomic mass is 10.2. The van der Waals surface area contributed by atoms with Gasteiger partial charge in [0, 0.05) is 25.1 Å². The highest BCUT2D eigenvalue weighted by Crippen LogP contribution is 2.11. The number of hydrogen-bond donors (Lipinski definition) is 1. The summed E-state index contributed by atoms with van der Waals surface area (Å²) in [4.78, 5) is 17.2. The molecule has 0 saturated heterocycles. The smallest absolute Gasteiger partial charge is 0.243 e. The Morgan fingerprint density at radius 2 is 2.27 bits per heavy atom. The molecule has 1 aromatic rings. The molecule has 1 rings (SSSR count). The van der Waals surface area contributed by atoms with Crippen LogP contribution in [0.2, 0.25) is 0 Å². The van der Waals surface area contributed by atoms with Gasteiger partial charge in [0.05, 0.1) is 6.04 Å². The summed E-state index contributed by atoms with van der Waals surface area (Å²) in [6.45, 7) is 3.55. The predicted molar refractivity (Wildman–Crippen MR) is 60.4 cm³/mol. The first kappa shape index (κ1) is 11.4. The normalized spacial score (nSPS) is 11.9. The van der Waals surface area contributed by atoms with Gasteiger partial charge in [0.1, 0.15) is 0 Å². The first-order valence-electron chi connectivity index (χ1n) is 4.71. The molecule has 15 heavy (non-hydrogen) atoms. The van der Waals surface area contributed by atoms with E-state index >= 15 is 0 Å². The molecular weight excluding hydrogens is 190 g/mol. The first-order valence-corrected chi connectivity index (χ1v) is 4.71. The number of anilines is 1. The number of rotatable bonds is 4. The van der Waals surface area contributed by atoms with E-state index in [-0.39, 0.29) is 5.91 Å². The molecule has 0 bridgehead atoms. The number of hydrogen-bond acceptors (Lipinski definition) is 3. The molecule has 0 radical (unpaired) electrons. The second kappa shape index (κ2) is 5.26. The van der Waals surface area contributed by atoms with E-state index in [0.717, 1.165) is 5.69 Å². The Balaban J connectivity index is 2.72. The zero-order valence-electron chi connectivity index (χ0n) is 8.76. The third-order valence-corrected chi connectivity index (χ3v) is 2.12. The lowest BCUT2D eigenvalue weighted by Gasteiger charge is -2.20. The minimum atomic E-state index is -0.527. The van der Waals surface area contributed by atoms with Crippen molar-refractivity contribution in [1.82, 2.24) is 4.98 Å². The van der Waals surface area contributed by atoms with E-state index in [9.17, 15) is 4.79 Å². The summed E-state index contributed by atoms with van der Waals surface area (Å²) in [6, 6.07) is 3.00. The van der Waals surface area contributed by atoms with Crippen LogP contribution in [-0.4, -0.2) is 24.0 Å². The molecule has 0 aromatic carbocycles. The lowest BCUT2D eigenvalue weighted by Crippen LogP contribution is -2.41. The molecule has 0 aliphatic carbocycles. The molecule has 1 aromatic heterocycles. The molecule has 0 saturated carbocycles. The highest BCUT2D eigenvalue weighted by atomic mass is 16.2. The third kappa shape index (κ3) is 2.89. The van der Waals surface area contributed by atoms with Crippen LogP contribution in [0.3, 0.4) is 0 Å². The zero-order valence-corrected chi connectivity index (χ0v) is 8.76. The maximum atomic E-state index is 11.8. The molecule has 2 N–H and O–H groups in total. The van der Waals surface area contributed by atoms with E-state index in [1.54, 1.807) is 37.7 Å². The predicted octanol–water partition coefficient (Wildman–Crippen LogP) is 0.948. The fourth-order valence-corrected chi connectivity index (χ4v) is 1.22. The van der Waals surface area contributed by atoms with Gasteiger partial charge in [0.25, 0.3) is 0 Å². The molecular formula is C11H15N3O. The van der Waals surface area contributed by atoms with Crippen molar-refractivity contribution in [2.75, 3.05) is 11.9 Å². The number of pyridine rings is 1. The van der Waals surface area contributed by atoms with Gasteiger partial charge in [-0.25, -0.2) is 0 Å². The number of aromatic nitrogens is 1. The quantitative estimate of drug-likeness (QED) is 0.744. The topological polar surface area (TPSA) is 59.2 Å². The Labute approximate surface area is 89.4 Å². The molecule has 1 unspecified atom stereocenters. The van der Waals surface area contributed by atoms with Crippen LogP contribution in [0, 0.1) is 0 Å². The van der Waals surface area contributed by atoms with Crippen LogP contribution in [-0.2, 0) is 4.79 Å². The Hall–Kier alpha value is -1.68. The number of amides is 1. The summed E-state index contributed by atoms with van der Waals surface area (Å²) >= 11 is 0. The van der Waals surface area contributed by atoms with E-state index < -0.39 is 6.04 Å². The molecule has 1 heterocycles. The van der Waals surface area contributed by atoms with Gasteiger partial charge in [0.2, 0.25) is 5.91 Å². The summed E-state index contributed by atoms with van der Waals surface area (Å²) in [5.41, 5.74) is 6.47. The first-order chi connectivity index (χ1) is 7.16. The molecule has 80 valence electrons. The maximum absolute atomic E-state index is 11.8. The Morgan fingerprint density at radius 1 is 1.67 bits per heavy atom. The molecule has 0 aliphatic rings. The van der Waals surface area contributed by atoms with Gasteiger partial charge in [-0.2, -0.15) is 0 Å². The van der Waals surface area contributed by atoms with E-state index in [1.165, 1.54) is 4.90 Å². The number of carbonyl (C=O) groups excluding carboxylic acids is 1. The lowest BCUT2D eigenvalue weighted by molar-refractivity contribution is -0.119. The Kier molecular flexibility index (Phi) is 4.00. The van der Waals surface area contributed by atoms with E-state index in [1.807, 2.05) is 0 Å². The highest BCUT2D eigenvalue weighted by Gasteiger charge is 2.17. The van der Waals surface area contributed by atoms with Crippen LogP contribution in [0.1, 0.15) is 6.42 Å². The van der Waals surface area contributed by atoms with Crippen molar-refractivity contribution in [2.45, 2.75) is 12.5 Å². The van der Waals surface area contributed by atoms with Gasteiger partial charge in [-0.3, -0.25) is 9.78 Å². The second-order valence-electron chi connectivity index (χ2n) is 3.23. The van der Waals surface area contributed by atoms with Crippen LogP contribution < -0.4 is 10.6 Å². The Bertz CT molecular complexity index is 337. The monoisotopic (exact) mass is 205 g/mol. The standard InChI is InChI=1S/C11H15N3O/c1-3-4-10(12)11(15)14(2)9-5-7-13-8-6-9/h3,5-8,10H,1,4,12H2,2H3. The van der Waals surface area contributed by atoms with Gasteiger partial charge in [0.15, 0.2) is 0 Å². The van der Waals surface area contributed by atoms with Crippen LogP contribution in [0.25, 0.3) is 0 Å². The number of nitrogens with zero attached hydrogens (tertiary/aromatic N) is 2. The van der Waals surface area contributed by atoms with Crippen molar-refractivity contribution >= 4 is 11.6 Å². The number of carbonyl (C=O) groups is 1. The molecule has 0 aliphatic heterocycles. The molecule has 1 atom stereocenters. The molecule has 1 amide bonds. The van der Waals surface area contributed by atoms with Gasteiger partial charge >= 0.3 is 0 Å². The van der Waals surface area contributed by atoms with Crippen LogP contribution in [0.15, 0.2) is 37.2 Å². The minimum Gasteiger partial charge on any atom is -0.320 e. The molecule has 4 heteroatoms. The summed E-state index contributed by atoms with van der Waals surface area (Å²) < 4.78 is 0. The second-order valence-corrected chi connectivity index (χ2v) is 3.23. The zero-order chi connectivity index (χ0) is 11.3. The highest BCUT2D eigenvalue weighted by molar-refractivity contribution is 5.96. The van der Waals surface area contributed by atoms with Crippen molar-refractivity contribution in [3.63, 3.8) is 0 Å². The van der Waals surface area contributed by atoms with Gasteiger partial charge in [-0.15, -0.1) is 6.58 Å². The maximum Gasteiger partial charge on any atom is 0.243 e. The fourth-order valence-electron chi connectivity index (χ4n) is 1.22. The van der Waals surface area contributed by atoms with Gasteiger partial charge in [-0.1, -0.05) is 6.08 Å². The molecule has 0 fully saturated rings. The largest absolute Gasteiger partial charge is 0.320 e. The van der Waals surface area contributed by atoms with Crippen molar-refractivity contribution in [2.24, 2.45) is 5.73 Å². The minimum absolute atomic E-state index is 0.124. The average molecular weight is 205 g/mol. The number of nitrogens with two attached hydrogens (primary N) is 1. The van der Waals surface area contributed by atoms with Crippen molar-refractivity contribution in [3.8, 4) is 0 Å². The van der Waals surface area contributed by atoms with Crippen LogP contribution in [0.5, 0.6) is 0 Å². The summed E-state index contributed by atoms with van der Waals surface area (Å²) in [5.74, 6) is -0.124. The van der Waals surface area contributed by atoms with Gasteiger partial charge < -0.3 is 10.6 Å². The van der Waals surface area contributed by atoms with Crippen LogP contribution in [0.4, 0.5) is 5.69 Å². The SMILES string of the molecule is C=CCC(N)C(=O)N(C)c1ccncc1. The fraction of sp³-hybridized carbons (Fsp3) is 0.273. The van der Waals surface area contributed by atoms with E-state index in [0.29, 0.717) is 6.42 Å². The van der Waals surface area contributed by atoms with Crippen molar-refractivity contribution < 1.29 is 4.79 Å². The van der Waals surface area contributed by atoms with Crippen LogP contribution >= 0.6 is 0 Å². The molecule has 4 nitrogen and oxygen atoms in total. The van der Waals surface area contributed by atoms with Crippen molar-refractivity contribution in [3.05, 3.63) is 37.2 Å². The van der Waals surface area contributed by atoms with Crippen molar-refractivity contribution in [1.29, 1.82) is 0 Å². The van der Waals surface area contributed by atoms with E-state index in [4.69, 9.17) is 5.73 Å².